The lowest BCUT2D eigenvalue weighted by molar-refractivity contribution is -0.150. The summed E-state index contributed by atoms with van der Waals surface area (Å²) in [5.74, 6) is -4.20. The summed E-state index contributed by atoms with van der Waals surface area (Å²) in [6, 6.07) is 17.8. The molecule has 7 nitrogen and oxygen atoms in total. The van der Waals surface area contributed by atoms with Gasteiger partial charge >= 0.3 is 11.9 Å². The van der Waals surface area contributed by atoms with Gasteiger partial charge in [0, 0.05) is 32.1 Å². The number of methoxy groups -OCH3 is 2. The van der Waals surface area contributed by atoms with Gasteiger partial charge in [0.2, 0.25) is 0 Å². The first-order chi connectivity index (χ1) is 18.8. The van der Waals surface area contributed by atoms with Crippen molar-refractivity contribution in [3.63, 3.8) is 0 Å². The third kappa shape index (κ3) is 4.73. The number of ether oxygens (including phenoxy) is 2. The first-order valence-electron chi connectivity index (χ1n) is 12.0. The van der Waals surface area contributed by atoms with E-state index in [1.54, 1.807) is 23.1 Å². The Bertz CT molecular complexity index is 1500. The zero-order valence-corrected chi connectivity index (χ0v) is 23.3. The average Bonchev–Trinajstić information content (AvgIpc) is 3.46. The molecule has 1 aliphatic carbocycles. The molecular formula is C29H24Cl2N2O5S. The monoisotopic (exact) mass is 582 g/mol. The highest BCUT2D eigenvalue weighted by Gasteiger charge is 2.51. The maximum atomic E-state index is 14.5. The molecule has 2 aliphatic rings. The summed E-state index contributed by atoms with van der Waals surface area (Å²) in [6.45, 7) is 0. The van der Waals surface area contributed by atoms with Gasteiger partial charge in [-0.25, -0.2) is 4.79 Å². The third-order valence-corrected chi connectivity index (χ3v) is 8.43. The first-order valence-corrected chi connectivity index (χ1v) is 13.7. The number of thiophene rings is 1. The molecule has 1 aliphatic heterocycles. The summed E-state index contributed by atoms with van der Waals surface area (Å²) in [5, 5.41) is 2.55. The highest BCUT2D eigenvalue weighted by atomic mass is 35.5. The number of allylic oxidation sites excluding steroid dienone is 2. The Morgan fingerprint density at radius 2 is 1.69 bits per heavy atom. The zero-order valence-electron chi connectivity index (χ0n) is 21.0. The lowest BCUT2D eigenvalue weighted by atomic mass is 9.68. The number of ketones is 1. The molecule has 3 atom stereocenters. The minimum atomic E-state index is -1.12. The van der Waals surface area contributed by atoms with E-state index in [0.717, 1.165) is 5.56 Å². The van der Waals surface area contributed by atoms with Crippen LogP contribution in [-0.2, 0) is 23.9 Å². The van der Waals surface area contributed by atoms with Crippen LogP contribution in [0.25, 0.3) is 0 Å². The van der Waals surface area contributed by atoms with Gasteiger partial charge in [-0.3, -0.25) is 14.5 Å². The summed E-state index contributed by atoms with van der Waals surface area (Å²) in [4.78, 5) is 43.3. The number of benzene rings is 2. The van der Waals surface area contributed by atoms with E-state index >= 15 is 0 Å². The molecule has 0 saturated carbocycles. The number of nitrogens with two attached hydrogens (primary N) is 1. The number of rotatable bonds is 5. The van der Waals surface area contributed by atoms with Crippen LogP contribution in [0.2, 0.25) is 10.0 Å². The van der Waals surface area contributed by atoms with Gasteiger partial charge in [0.15, 0.2) is 5.78 Å². The Balaban J connectivity index is 1.83. The quantitative estimate of drug-likeness (QED) is 0.299. The van der Waals surface area contributed by atoms with Crippen molar-refractivity contribution >= 4 is 57.9 Å². The fourth-order valence-electron chi connectivity index (χ4n) is 5.45. The average molecular weight is 583 g/mol. The second-order valence-corrected chi connectivity index (χ2v) is 11.0. The van der Waals surface area contributed by atoms with Crippen LogP contribution in [0.1, 0.15) is 28.7 Å². The highest BCUT2D eigenvalue weighted by molar-refractivity contribution is 7.10. The summed E-state index contributed by atoms with van der Waals surface area (Å²) >= 11 is 14.1. The minimum Gasteiger partial charge on any atom is -0.468 e. The van der Waals surface area contributed by atoms with Gasteiger partial charge < -0.3 is 15.2 Å². The second kappa shape index (κ2) is 10.9. The van der Waals surface area contributed by atoms with Crippen LogP contribution in [-0.4, -0.2) is 31.9 Å². The number of anilines is 1. The standard InChI is InChI=1S/C29H24Cl2N2O5S/c1-37-28(35)22-19(15-7-4-3-5-8-15)14-20-23(26(22)34)24(21-9-6-10-39-21)25(29(36)38-2)27(32)33(20)18-12-16(30)11-17(31)13-18/h3-13,19,22,24H,14,32H2,1-2H3. The number of hydrogen-bond donors (Lipinski definition) is 1. The molecule has 200 valence electrons. The number of carbonyl (C=O) groups excluding carboxylic acids is 3. The number of Topliss-reactive ketones (excluding diaryl/α,β-unsaturated/α-hetero) is 1. The van der Waals surface area contributed by atoms with Gasteiger partial charge in [0.25, 0.3) is 0 Å². The van der Waals surface area contributed by atoms with Crippen LogP contribution < -0.4 is 10.6 Å². The maximum Gasteiger partial charge on any atom is 0.338 e. The van der Waals surface area contributed by atoms with E-state index in [4.69, 9.17) is 38.4 Å². The molecule has 3 unspecified atom stereocenters. The van der Waals surface area contributed by atoms with Crippen molar-refractivity contribution in [2.75, 3.05) is 19.1 Å². The molecule has 1 aromatic heterocycles. The number of halogens is 2. The van der Waals surface area contributed by atoms with E-state index in [1.165, 1.54) is 25.6 Å². The van der Waals surface area contributed by atoms with Crippen molar-refractivity contribution in [2.24, 2.45) is 11.7 Å². The number of esters is 2. The van der Waals surface area contributed by atoms with E-state index < -0.39 is 35.5 Å². The fourth-order valence-corrected chi connectivity index (χ4v) is 6.81. The largest absolute Gasteiger partial charge is 0.468 e. The second-order valence-electron chi connectivity index (χ2n) is 9.15. The number of hydrogen-bond acceptors (Lipinski definition) is 8. The summed E-state index contributed by atoms with van der Waals surface area (Å²) in [5.41, 5.74) is 8.96. The molecule has 5 rings (SSSR count). The Morgan fingerprint density at radius 1 is 1.00 bits per heavy atom. The molecule has 2 N–H and O–H groups in total. The van der Waals surface area contributed by atoms with E-state index in [9.17, 15) is 14.4 Å². The molecule has 2 aromatic carbocycles. The predicted octanol–water partition coefficient (Wildman–Crippen LogP) is 5.80. The van der Waals surface area contributed by atoms with Crippen LogP contribution in [0.5, 0.6) is 0 Å². The van der Waals surface area contributed by atoms with Crippen LogP contribution >= 0.6 is 34.5 Å². The normalized spacial score (nSPS) is 21.1. The smallest absolute Gasteiger partial charge is 0.338 e. The van der Waals surface area contributed by atoms with Gasteiger partial charge in [-0.05, 0) is 41.6 Å². The van der Waals surface area contributed by atoms with E-state index in [0.29, 0.717) is 26.3 Å². The van der Waals surface area contributed by atoms with Crippen molar-refractivity contribution in [1.82, 2.24) is 0 Å². The van der Waals surface area contributed by atoms with Gasteiger partial charge in [0.1, 0.15) is 11.7 Å². The SMILES string of the molecule is COC(=O)C1=C(N)N(c2cc(Cl)cc(Cl)c2)C2=C(C(=O)C(C(=O)OC)C(c3ccccc3)C2)C1c1cccs1. The zero-order chi connectivity index (χ0) is 27.8. The number of carbonyl (C=O) groups is 3. The van der Waals surface area contributed by atoms with Crippen molar-refractivity contribution in [1.29, 1.82) is 0 Å². The van der Waals surface area contributed by atoms with Gasteiger partial charge in [0.05, 0.1) is 31.4 Å². The molecule has 0 spiro atoms. The molecule has 3 aromatic rings. The maximum absolute atomic E-state index is 14.5. The van der Waals surface area contributed by atoms with Crippen LogP contribution in [0, 0.1) is 5.92 Å². The molecular weight excluding hydrogens is 559 g/mol. The molecule has 10 heteroatoms. The van der Waals surface area contributed by atoms with Gasteiger partial charge in [-0.15, -0.1) is 11.3 Å². The van der Waals surface area contributed by atoms with E-state index in [-0.39, 0.29) is 23.4 Å². The van der Waals surface area contributed by atoms with Gasteiger partial charge in [-0.2, -0.15) is 0 Å². The Kier molecular flexibility index (Phi) is 7.53. The van der Waals surface area contributed by atoms with E-state index in [2.05, 4.69) is 0 Å². The van der Waals surface area contributed by atoms with Crippen LogP contribution in [0.3, 0.4) is 0 Å². The molecule has 0 saturated heterocycles. The Morgan fingerprint density at radius 3 is 2.28 bits per heavy atom. The van der Waals surface area contributed by atoms with Crippen molar-refractivity contribution in [2.45, 2.75) is 18.3 Å². The van der Waals surface area contributed by atoms with Gasteiger partial charge in [-0.1, -0.05) is 59.6 Å². The summed E-state index contributed by atoms with van der Waals surface area (Å²) < 4.78 is 10.3. The third-order valence-electron chi connectivity index (χ3n) is 7.06. The molecule has 0 amide bonds. The lowest BCUT2D eigenvalue weighted by Gasteiger charge is -2.43. The topological polar surface area (TPSA) is 98.9 Å². The predicted molar refractivity (Wildman–Crippen MR) is 151 cm³/mol. The van der Waals surface area contributed by atoms with Crippen molar-refractivity contribution < 1.29 is 23.9 Å². The van der Waals surface area contributed by atoms with Crippen molar-refractivity contribution in [3.8, 4) is 0 Å². The minimum absolute atomic E-state index is 0.0879. The van der Waals surface area contributed by atoms with Crippen LogP contribution in [0.15, 0.2) is 88.7 Å². The molecule has 0 fully saturated rings. The molecule has 2 heterocycles. The molecule has 0 radical (unpaired) electrons. The molecule has 39 heavy (non-hydrogen) atoms. The fraction of sp³-hybridized carbons (Fsp3) is 0.207. The first kappa shape index (κ1) is 27.0. The summed E-state index contributed by atoms with van der Waals surface area (Å²) in [7, 11) is 2.52. The Hall–Kier alpha value is -3.59. The molecule has 0 bridgehead atoms. The van der Waals surface area contributed by atoms with Crippen molar-refractivity contribution in [3.05, 3.63) is 109 Å². The lowest BCUT2D eigenvalue weighted by Crippen LogP contribution is -2.46. The summed E-state index contributed by atoms with van der Waals surface area (Å²) in [6.07, 6.45) is 0.256. The van der Waals surface area contributed by atoms with Crippen LogP contribution in [0.4, 0.5) is 5.69 Å². The highest BCUT2D eigenvalue weighted by Crippen LogP contribution is 2.52. The van der Waals surface area contributed by atoms with E-state index in [1.807, 2.05) is 47.8 Å². The number of nitrogens with zero attached hydrogens (tertiary/aromatic N) is 1. The Labute approximate surface area is 239 Å².